The van der Waals surface area contributed by atoms with Crippen LogP contribution in [0.2, 0.25) is 0 Å². The van der Waals surface area contributed by atoms with Gasteiger partial charge < -0.3 is 4.90 Å². The second kappa shape index (κ2) is 7.94. The Morgan fingerprint density at radius 3 is 2.22 bits per heavy atom. The molecule has 1 aliphatic rings. The quantitative estimate of drug-likeness (QED) is 0.739. The summed E-state index contributed by atoms with van der Waals surface area (Å²) in [7, 11) is 0. The standard InChI is InChI=1S/C21H24N2/c22-14-4-5-15-23-16-12-21(13-17-23)20-10-8-19(9-11-20)18-6-2-1-3-7-18/h1-3,6-11,21H,4-5,12-13,15-17H2. The molecule has 0 aliphatic carbocycles. The zero-order chi connectivity index (χ0) is 15.9. The van der Waals surface area contributed by atoms with Gasteiger partial charge in [-0.3, -0.25) is 0 Å². The minimum atomic E-state index is 0.681. The highest BCUT2D eigenvalue weighted by Gasteiger charge is 2.20. The molecule has 2 heteroatoms. The van der Waals surface area contributed by atoms with E-state index in [1.165, 1.54) is 29.5 Å². The summed E-state index contributed by atoms with van der Waals surface area (Å²) in [6.07, 6.45) is 4.16. The number of nitriles is 1. The summed E-state index contributed by atoms with van der Waals surface area (Å²) in [6, 6.07) is 21.9. The fraction of sp³-hybridized carbons (Fsp3) is 0.381. The van der Waals surface area contributed by atoms with Crippen molar-refractivity contribution in [3.63, 3.8) is 0 Å². The molecule has 0 N–H and O–H groups in total. The number of hydrogen-bond acceptors (Lipinski definition) is 2. The molecule has 0 bridgehead atoms. The van der Waals surface area contributed by atoms with Gasteiger partial charge in [0.25, 0.3) is 0 Å². The van der Waals surface area contributed by atoms with E-state index in [0.717, 1.165) is 26.1 Å². The van der Waals surface area contributed by atoms with Crippen LogP contribution in [0.15, 0.2) is 54.6 Å². The number of benzene rings is 2. The molecule has 0 radical (unpaired) electrons. The van der Waals surface area contributed by atoms with Gasteiger partial charge in [-0.2, -0.15) is 5.26 Å². The number of nitrogens with zero attached hydrogens (tertiary/aromatic N) is 2. The third kappa shape index (κ3) is 4.21. The van der Waals surface area contributed by atoms with E-state index in [9.17, 15) is 0 Å². The lowest BCUT2D eigenvalue weighted by atomic mass is 9.88. The predicted molar refractivity (Wildman–Crippen MR) is 95.1 cm³/mol. The monoisotopic (exact) mass is 304 g/mol. The van der Waals surface area contributed by atoms with Crippen molar-refractivity contribution < 1.29 is 0 Å². The number of rotatable bonds is 5. The Bertz CT molecular complexity index is 632. The normalized spacial score (nSPS) is 16.1. The summed E-state index contributed by atoms with van der Waals surface area (Å²) in [5.74, 6) is 0.687. The van der Waals surface area contributed by atoms with Gasteiger partial charge in [-0.05, 0) is 61.5 Å². The Morgan fingerprint density at radius 1 is 0.913 bits per heavy atom. The maximum absolute atomic E-state index is 8.62. The molecule has 0 aromatic heterocycles. The van der Waals surface area contributed by atoms with Crippen LogP contribution in [0, 0.1) is 11.3 Å². The van der Waals surface area contributed by atoms with Crippen LogP contribution in [-0.4, -0.2) is 24.5 Å². The van der Waals surface area contributed by atoms with Crippen LogP contribution in [0.3, 0.4) is 0 Å². The van der Waals surface area contributed by atoms with Gasteiger partial charge in [0.2, 0.25) is 0 Å². The highest BCUT2D eigenvalue weighted by molar-refractivity contribution is 5.63. The summed E-state index contributed by atoms with van der Waals surface area (Å²) in [5, 5.41) is 8.62. The van der Waals surface area contributed by atoms with Gasteiger partial charge in [0.15, 0.2) is 0 Å². The molecule has 1 saturated heterocycles. The lowest BCUT2D eigenvalue weighted by Crippen LogP contribution is -2.33. The average Bonchev–Trinajstić information content (AvgIpc) is 2.63. The second-order valence-corrected chi connectivity index (χ2v) is 6.37. The minimum absolute atomic E-state index is 0.681. The van der Waals surface area contributed by atoms with E-state index >= 15 is 0 Å². The van der Waals surface area contributed by atoms with Gasteiger partial charge in [-0.15, -0.1) is 0 Å². The molecule has 3 rings (SSSR count). The van der Waals surface area contributed by atoms with Crippen LogP contribution in [-0.2, 0) is 0 Å². The Kier molecular flexibility index (Phi) is 5.45. The molecule has 2 nitrogen and oxygen atoms in total. The third-order valence-electron chi connectivity index (χ3n) is 4.84. The number of unbranched alkanes of at least 4 members (excludes halogenated alkanes) is 1. The van der Waals surface area contributed by atoms with Crippen LogP contribution >= 0.6 is 0 Å². The van der Waals surface area contributed by atoms with Crippen molar-refractivity contribution >= 4 is 0 Å². The molecule has 0 atom stereocenters. The molecular formula is C21H24N2. The summed E-state index contributed by atoms with van der Waals surface area (Å²) < 4.78 is 0. The lowest BCUT2D eigenvalue weighted by Gasteiger charge is -2.32. The van der Waals surface area contributed by atoms with Crippen molar-refractivity contribution in [2.45, 2.75) is 31.6 Å². The fourth-order valence-corrected chi connectivity index (χ4v) is 3.45. The van der Waals surface area contributed by atoms with Gasteiger partial charge >= 0.3 is 0 Å². The van der Waals surface area contributed by atoms with Gasteiger partial charge in [-0.25, -0.2) is 0 Å². The van der Waals surface area contributed by atoms with E-state index < -0.39 is 0 Å². The van der Waals surface area contributed by atoms with Gasteiger partial charge in [0.1, 0.15) is 0 Å². The first-order valence-electron chi connectivity index (χ1n) is 8.61. The molecular weight excluding hydrogens is 280 g/mol. The minimum Gasteiger partial charge on any atom is -0.303 e. The first-order chi connectivity index (χ1) is 11.4. The Balaban J connectivity index is 1.56. The van der Waals surface area contributed by atoms with Crippen LogP contribution in [0.4, 0.5) is 0 Å². The molecule has 1 aliphatic heterocycles. The van der Waals surface area contributed by atoms with Crippen LogP contribution in [0.5, 0.6) is 0 Å². The molecule has 2 aromatic rings. The zero-order valence-electron chi connectivity index (χ0n) is 13.6. The Hall–Kier alpha value is -2.11. The zero-order valence-corrected chi connectivity index (χ0v) is 13.6. The molecule has 0 saturated carbocycles. The van der Waals surface area contributed by atoms with E-state index in [-0.39, 0.29) is 0 Å². The first kappa shape index (κ1) is 15.8. The number of piperidine rings is 1. The number of likely N-dealkylation sites (tertiary alicyclic amines) is 1. The molecule has 1 heterocycles. The molecule has 2 aromatic carbocycles. The van der Waals surface area contributed by atoms with E-state index in [4.69, 9.17) is 5.26 Å². The topological polar surface area (TPSA) is 27.0 Å². The van der Waals surface area contributed by atoms with Gasteiger partial charge in [-0.1, -0.05) is 54.6 Å². The Morgan fingerprint density at radius 2 is 1.57 bits per heavy atom. The van der Waals surface area contributed by atoms with Crippen molar-refractivity contribution in [1.82, 2.24) is 4.90 Å². The van der Waals surface area contributed by atoms with E-state index in [2.05, 4.69) is 65.6 Å². The van der Waals surface area contributed by atoms with Gasteiger partial charge in [0, 0.05) is 6.42 Å². The Labute approximate surface area is 139 Å². The summed E-state index contributed by atoms with van der Waals surface area (Å²) >= 11 is 0. The average molecular weight is 304 g/mol. The summed E-state index contributed by atoms with van der Waals surface area (Å²) in [6.45, 7) is 3.40. The molecule has 1 fully saturated rings. The molecule has 0 unspecified atom stereocenters. The predicted octanol–water partition coefficient (Wildman–Crippen LogP) is 4.84. The van der Waals surface area contributed by atoms with Crippen LogP contribution in [0.25, 0.3) is 11.1 Å². The maximum atomic E-state index is 8.62. The first-order valence-corrected chi connectivity index (χ1v) is 8.61. The van der Waals surface area contributed by atoms with Crippen molar-refractivity contribution in [1.29, 1.82) is 5.26 Å². The van der Waals surface area contributed by atoms with Crippen molar-refractivity contribution in [3.05, 3.63) is 60.2 Å². The maximum Gasteiger partial charge on any atom is 0.0622 e. The molecule has 23 heavy (non-hydrogen) atoms. The van der Waals surface area contributed by atoms with E-state index in [1.54, 1.807) is 0 Å². The lowest BCUT2D eigenvalue weighted by molar-refractivity contribution is 0.211. The van der Waals surface area contributed by atoms with Crippen LogP contribution in [0.1, 0.15) is 37.2 Å². The number of hydrogen-bond donors (Lipinski definition) is 0. The van der Waals surface area contributed by atoms with E-state index in [1.807, 2.05) is 0 Å². The largest absolute Gasteiger partial charge is 0.303 e. The molecule has 0 amide bonds. The summed E-state index contributed by atoms with van der Waals surface area (Å²) in [4.78, 5) is 2.51. The van der Waals surface area contributed by atoms with Crippen molar-refractivity contribution in [3.8, 4) is 17.2 Å². The molecule has 0 spiro atoms. The van der Waals surface area contributed by atoms with Gasteiger partial charge in [0.05, 0.1) is 6.07 Å². The van der Waals surface area contributed by atoms with E-state index in [0.29, 0.717) is 12.3 Å². The highest BCUT2D eigenvalue weighted by Crippen LogP contribution is 2.30. The van der Waals surface area contributed by atoms with Crippen molar-refractivity contribution in [2.24, 2.45) is 0 Å². The third-order valence-corrected chi connectivity index (χ3v) is 4.84. The fourth-order valence-electron chi connectivity index (χ4n) is 3.45. The molecule has 118 valence electrons. The smallest absolute Gasteiger partial charge is 0.0622 e. The SMILES string of the molecule is N#CCCCN1CCC(c2ccc(-c3ccccc3)cc2)CC1. The summed E-state index contributed by atoms with van der Waals surface area (Å²) in [5.41, 5.74) is 4.05. The van der Waals surface area contributed by atoms with Crippen LogP contribution < -0.4 is 0 Å². The highest BCUT2D eigenvalue weighted by atomic mass is 15.1. The van der Waals surface area contributed by atoms with Crippen molar-refractivity contribution in [2.75, 3.05) is 19.6 Å². The second-order valence-electron chi connectivity index (χ2n) is 6.37.